The molecule has 4 aromatic rings. The second kappa shape index (κ2) is 11.4. The van der Waals surface area contributed by atoms with E-state index in [2.05, 4.69) is 24.9 Å². The third kappa shape index (κ3) is 5.51. The topological polar surface area (TPSA) is 317 Å². The summed E-state index contributed by atoms with van der Waals surface area (Å²) in [5, 5.41) is 22.2. The summed E-state index contributed by atoms with van der Waals surface area (Å²) in [5.74, 6) is -0.281. The van der Waals surface area contributed by atoms with Crippen LogP contribution < -0.4 is 17.0 Å². The van der Waals surface area contributed by atoms with Gasteiger partial charge in [-0.05, 0) is 6.07 Å². The van der Waals surface area contributed by atoms with Crippen LogP contribution >= 0.6 is 15.4 Å². The standard InChI is InChI=1S/C22H27N9O13P2/c23-8-1-2-25-17-11(8)26-5-30(17)20-15-13(32)10(42-20)4-41-46(37,38)44-16-14(33)9(3-40-45(35,36)7-39-15)43-21(16)31-6-27-12-18(31)28-22(24)29-19(12)34/h1-2,5-6,9-10,13-16,20-21,32-33H,3-4,7H2,(H2,23,25)(H,35,36)(H,37,38)(H3,24,28,29,34)/t9-,10-,13?,14?,15+,16+,20-,21-/m1/s1. The van der Waals surface area contributed by atoms with Gasteiger partial charge in [0.05, 0.1) is 31.6 Å². The van der Waals surface area contributed by atoms with Crippen molar-refractivity contribution >= 4 is 49.4 Å². The highest BCUT2D eigenvalue weighted by Crippen LogP contribution is 2.51. The van der Waals surface area contributed by atoms with E-state index < -0.39 is 89.6 Å². The molecule has 7 rings (SSSR count). The molecule has 3 aliphatic heterocycles. The van der Waals surface area contributed by atoms with Crippen molar-refractivity contribution < 1.29 is 56.9 Å². The first-order valence-electron chi connectivity index (χ1n) is 13.5. The lowest BCUT2D eigenvalue weighted by atomic mass is 10.1. The summed E-state index contributed by atoms with van der Waals surface area (Å²) in [6, 6.07) is 1.52. The van der Waals surface area contributed by atoms with Gasteiger partial charge in [-0.1, -0.05) is 0 Å². The van der Waals surface area contributed by atoms with E-state index in [1.54, 1.807) is 0 Å². The molecular weight excluding hydrogens is 660 g/mol. The third-order valence-corrected chi connectivity index (χ3v) is 9.66. The van der Waals surface area contributed by atoms with Crippen LogP contribution in [0.15, 0.2) is 29.7 Å². The molecule has 0 radical (unpaired) electrons. The van der Waals surface area contributed by atoms with E-state index in [0.29, 0.717) is 11.2 Å². The number of nitrogens with two attached hydrogens (primary N) is 2. The van der Waals surface area contributed by atoms with Gasteiger partial charge in [-0.3, -0.25) is 32.5 Å². The molecule has 3 saturated heterocycles. The Morgan fingerprint density at radius 3 is 2.26 bits per heavy atom. The van der Waals surface area contributed by atoms with Gasteiger partial charge in [-0.25, -0.2) is 19.5 Å². The molecular formula is C22H27N9O13P2. The minimum atomic E-state index is -5.10. The number of nitrogens with zero attached hydrogens (tertiary/aromatic N) is 6. The fourth-order valence-electron chi connectivity index (χ4n) is 5.48. The first-order valence-corrected chi connectivity index (χ1v) is 16.8. The Kier molecular flexibility index (Phi) is 7.74. The van der Waals surface area contributed by atoms with Crippen LogP contribution in [-0.4, -0.2) is 110 Å². The fourth-order valence-corrected chi connectivity index (χ4v) is 7.23. The van der Waals surface area contributed by atoms with Gasteiger partial charge in [-0.2, -0.15) is 4.98 Å². The number of aromatic nitrogens is 7. The zero-order chi connectivity index (χ0) is 32.5. The van der Waals surface area contributed by atoms with Crippen LogP contribution in [0, 0.1) is 0 Å². The molecule has 0 amide bonds. The minimum Gasteiger partial charge on any atom is -0.397 e. The Morgan fingerprint density at radius 1 is 0.891 bits per heavy atom. The summed E-state index contributed by atoms with van der Waals surface area (Å²) in [5.41, 5.74) is 11.5. The predicted molar refractivity (Wildman–Crippen MR) is 151 cm³/mol. The Hall–Kier alpha value is -3.37. The Morgan fingerprint density at radius 2 is 1.52 bits per heavy atom. The molecule has 3 fully saturated rings. The third-order valence-electron chi connectivity index (χ3n) is 7.64. The molecule has 9 N–H and O–H groups in total. The molecule has 4 aromatic heterocycles. The van der Waals surface area contributed by atoms with Gasteiger partial charge in [0.1, 0.15) is 48.5 Å². The molecule has 0 spiro atoms. The lowest BCUT2D eigenvalue weighted by Crippen LogP contribution is -2.36. The van der Waals surface area contributed by atoms with E-state index in [0.717, 1.165) is 10.9 Å². The summed E-state index contributed by atoms with van der Waals surface area (Å²) in [6.45, 7) is -1.49. The molecule has 3 aliphatic rings. The smallest absolute Gasteiger partial charge is 0.397 e. The monoisotopic (exact) mass is 687 g/mol. The van der Waals surface area contributed by atoms with Crippen molar-refractivity contribution in [2.24, 2.45) is 0 Å². The zero-order valence-corrected chi connectivity index (χ0v) is 25.0. The molecule has 24 heteroatoms. The lowest BCUT2D eigenvalue weighted by Gasteiger charge is -2.25. The number of H-pyrrole nitrogens is 1. The van der Waals surface area contributed by atoms with E-state index in [9.17, 15) is 33.9 Å². The number of aromatic amines is 1. The number of pyridine rings is 1. The highest BCUT2D eigenvalue weighted by Gasteiger charge is 2.52. The second-order valence-electron chi connectivity index (χ2n) is 10.6. The number of phosphoric acid groups is 1. The predicted octanol–water partition coefficient (Wildman–Crippen LogP) is -1.69. The van der Waals surface area contributed by atoms with Gasteiger partial charge >= 0.3 is 15.4 Å². The first-order chi connectivity index (χ1) is 21.8. The molecule has 10 atom stereocenters. The van der Waals surface area contributed by atoms with Crippen LogP contribution in [0.1, 0.15) is 12.5 Å². The van der Waals surface area contributed by atoms with Crippen LogP contribution in [-0.2, 0) is 36.9 Å². The average molecular weight is 687 g/mol. The molecule has 0 saturated carbocycles. The molecule has 7 heterocycles. The number of nitrogens with one attached hydrogen (secondary N) is 1. The number of fused-ring (bicyclic) bond motifs is 6. The maximum absolute atomic E-state index is 13.2. The number of aliphatic hydroxyl groups excluding tert-OH is 2. The van der Waals surface area contributed by atoms with Crippen LogP contribution in [0.5, 0.6) is 0 Å². The maximum Gasteiger partial charge on any atom is 0.472 e. The largest absolute Gasteiger partial charge is 0.472 e. The van der Waals surface area contributed by atoms with Crippen molar-refractivity contribution in [3.8, 4) is 0 Å². The minimum absolute atomic E-state index is 0.124. The van der Waals surface area contributed by atoms with Crippen molar-refractivity contribution in [2.75, 3.05) is 31.0 Å². The van der Waals surface area contributed by atoms with Gasteiger partial charge in [0, 0.05) is 6.20 Å². The number of hydrogen-bond acceptors (Lipinski definition) is 17. The second-order valence-corrected chi connectivity index (χ2v) is 13.8. The van der Waals surface area contributed by atoms with Crippen LogP contribution in [0.2, 0.25) is 0 Å². The summed E-state index contributed by atoms with van der Waals surface area (Å²) in [4.78, 5) is 52.4. The Balaban J connectivity index is 1.21. The molecule has 0 aromatic carbocycles. The number of anilines is 2. The number of hydrogen-bond donors (Lipinski definition) is 7. The Bertz CT molecular complexity index is 1950. The van der Waals surface area contributed by atoms with Gasteiger partial charge in [0.15, 0.2) is 29.3 Å². The summed E-state index contributed by atoms with van der Waals surface area (Å²) >= 11 is 0. The highest BCUT2D eigenvalue weighted by molar-refractivity contribution is 7.52. The van der Waals surface area contributed by atoms with Crippen LogP contribution in [0.3, 0.4) is 0 Å². The maximum atomic E-state index is 13.2. The van der Waals surface area contributed by atoms with E-state index in [4.69, 9.17) is 39.2 Å². The number of rotatable bonds is 2. The molecule has 46 heavy (non-hydrogen) atoms. The molecule has 4 unspecified atom stereocenters. The molecule has 248 valence electrons. The molecule has 0 aliphatic carbocycles. The van der Waals surface area contributed by atoms with Crippen LogP contribution in [0.4, 0.5) is 11.6 Å². The summed E-state index contributed by atoms with van der Waals surface area (Å²) < 4.78 is 61.9. The number of nitrogen functional groups attached to an aromatic ring is 2. The van der Waals surface area contributed by atoms with Crippen molar-refractivity contribution in [3.05, 3.63) is 35.3 Å². The number of phosphoric ester groups is 1. The average Bonchev–Trinajstić information content (AvgIpc) is 3.75. The lowest BCUT2D eigenvalue weighted by molar-refractivity contribution is -0.0665. The van der Waals surface area contributed by atoms with Crippen molar-refractivity contribution in [1.29, 1.82) is 0 Å². The summed E-state index contributed by atoms with van der Waals surface area (Å²) in [7, 11) is -9.72. The number of aliphatic hydroxyl groups is 2. The zero-order valence-electron chi connectivity index (χ0n) is 23.2. The summed E-state index contributed by atoms with van der Waals surface area (Å²) in [6.07, 6.45) is -9.04. The van der Waals surface area contributed by atoms with E-state index in [1.165, 1.54) is 23.2 Å². The molecule has 22 nitrogen and oxygen atoms in total. The van der Waals surface area contributed by atoms with E-state index in [-0.39, 0.29) is 22.8 Å². The van der Waals surface area contributed by atoms with E-state index in [1.807, 2.05) is 0 Å². The van der Waals surface area contributed by atoms with Gasteiger partial charge in [0.2, 0.25) is 5.95 Å². The fraction of sp³-hybridized carbons (Fsp3) is 0.500. The van der Waals surface area contributed by atoms with E-state index >= 15 is 0 Å². The van der Waals surface area contributed by atoms with Gasteiger partial charge in [0.25, 0.3) is 5.56 Å². The Labute approximate surface area is 255 Å². The van der Waals surface area contributed by atoms with Gasteiger partial charge in [-0.15, -0.1) is 0 Å². The highest BCUT2D eigenvalue weighted by atomic mass is 31.2. The van der Waals surface area contributed by atoms with Crippen molar-refractivity contribution in [1.82, 2.24) is 34.1 Å². The van der Waals surface area contributed by atoms with Crippen molar-refractivity contribution in [2.45, 2.75) is 49.1 Å². The van der Waals surface area contributed by atoms with Crippen LogP contribution in [0.25, 0.3) is 22.3 Å². The first kappa shape index (κ1) is 31.2. The number of imidazole rings is 2. The van der Waals surface area contributed by atoms with Crippen molar-refractivity contribution in [3.63, 3.8) is 0 Å². The van der Waals surface area contributed by atoms with Gasteiger partial charge < -0.3 is 50.2 Å². The quantitative estimate of drug-likeness (QED) is 0.116. The molecule has 4 bridgehead atoms. The SMILES string of the molecule is Nc1nc2c(ncn2[C@@H]2O[C@@H]3COP(=O)(O)CO[C@H]4C(O)[C@@H](COP(=O)(O)O[C@H]2C3O)O[C@H]4n2cnc3c(N)ccnc32)c(=O)[nH]1. The number of ether oxygens (including phenoxy) is 3. The normalized spacial score (nSPS) is 37.4.